The normalized spacial score (nSPS) is 25.6. The fourth-order valence-electron chi connectivity index (χ4n) is 6.83. The fourth-order valence-corrected chi connectivity index (χ4v) is 6.83. The van der Waals surface area contributed by atoms with Gasteiger partial charge in [0.1, 0.15) is 35.9 Å². The first-order valence-electron chi connectivity index (χ1n) is 14.3. The van der Waals surface area contributed by atoms with E-state index in [1.54, 1.807) is 24.3 Å². The van der Waals surface area contributed by atoms with Gasteiger partial charge in [-0.05, 0) is 50.7 Å². The molecule has 42 heavy (non-hydrogen) atoms. The highest BCUT2D eigenvalue weighted by atomic mass is 19.1. The fraction of sp³-hybridized carbons (Fsp3) is 0.406. The molecule has 4 atom stereocenters. The third-order valence-corrected chi connectivity index (χ3v) is 8.97. The van der Waals surface area contributed by atoms with Crippen molar-refractivity contribution >= 4 is 21.7 Å². The van der Waals surface area contributed by atoms with E-state index < -0.39 is 23.3 Å². The van der Waals surface area contributed by atoms with Crippen molar-refractivity contribution in [1.82, 2.24) is 25.2 Å². The van der Waals surface area contributed by atoms with Gasteiger partial charge in [0.15, 0.2) is 5.82 Å². The van der Waals surface area contributed by atoms with Gasteiger partial charge in [0.25, 0.3) is 0 Å². The summed E-state index contributed by atoms with van der Waals surface area (Å²) < 4.78 is 57.9. The SMILES string of the molecule is C#Cc1c(F)ccc2cccc(-c3ncc4c(O[C@@H]5CCN[C@@H]5C)nc(OC[C@@]56CCCN5C[C@H](F)C6)nc4c3F)c12. The number of aromatic nitrogens is 3. The lowest BCUT2D eigenvalue weighted by Gasteiger charge is -2.30. The van der Waals surface area contributed by atoms with E-state index in [0.29, 0.717) is 29.3 Å². The number of nitrogens with zero attached hydrogens (tertiary/aromatic N) is 4. The molecule has 0 radical (unpaired) electrons. The summed E-state index contributed by atoms with van der Waals surface area (Å²) in [6.45, 7) is 4.19. The highest BCUT2D eigenvalue weighted by Gasteiger charge is 2.49. The number of hydrogen-bond donors (Lipinski definition) is 1. The van der Waals surface area contributed by atoms with Gasteiger partial charge in [-0.15, -0.1) is 6.42 Å². The van der Waals surface area contributed by atoms with Crippen LogP contribution in [0.15, 0.2) is 36.5 Å². The first kappa shape index (κ1) is 26.9. The predicted molar refractivity (Wildman–Crippen MR) is 153 cm³/mol. The van der Waals surface area contributed by atoms with Crippen LogP contribution in [0.1, 0.15) is 38.2 Å². The molecule has 0 aliphatic carbocycles. The van der Waals surface area contributed by atoms with Gasteiger partial charge < -0.3 is 14.8 Å². The summed E-state index contributed by atoms with van der Waals surface area (Å²) in [7, 11) is 0. The van der Waals surface area contributed by atoms with Gasteiger partial charge in [-0.2, -0.15) is 9.97 Å². The van der Waals surface area contributed by atoms with Crippen LogP contribution in [-0.4, -0.2) is 69.9 Å². The second-order valence-corrected chi connectivity index (χ2v) is 11.5. The number of pyridine rings is 1. The van der Waals surface area contributed by atoms with Crippen LogP contribution in [-0.2, 0) is 0 Å². The lowest BCUT2D eigenvalue weighted by atomic mass is 9.95. The van der Waals surface area contributed by atoms with Gasteiger partial charge in [0, 0.05) is 36.2 Å². The number of nitrogens with one attached hydrogen (secondary N) is 1. The van der Waals surface area contributed by atoms with E-state index in [-0.39, 0.29) is 52.8 Å². The van der Waals surface area contributed by atoms with E-state index in [1.807, 2.05) is 6.92 Å². The Morgan fingerprint density at radius 3 is 2.90 bits per heavy atom. The summed E-state index contributed by atoms with van der Waals surface area (Å²) in [6.07, 6.45) is 8.94. The number of terminal acetylenes is 1. The Balaban J connectivity index is 1.34. The Kier molecular flexibility index (Phi) is 6.67. The Labute approximate surface area is 241 Å². The number of benzene rings is 2. The molecule has 2 aromatic heterocycles. The van der Waals surface area contributed by atoms with Crippen LogP contribution in [0.2, 0.25) is 0 Å². The minimum atomic E-state index is -0.911. The van der Waals surface area contributed by atoms with Crippen LogP contribution in [0.25, 0.3) is 32.9 Å². The van der Waals surface area contributed by atoms with Crippen LogP contribution < -0.4 is 14.8 Å². The average molecular weight is 574 g/mol. The molecule has 0 amide bonds. The molecule has 10 heteroatoms. The summed E-state index contributed by atoms with van der Waals surface area (Å²) >= 11 is 0. The monoisotopic (exact) mass is 573 g/mol. The Hall–Kier alpha value is -3.94. The number of hydrogen-bond acceptors (Lipinski definition) is 7. The molecule has 3 fully saturated rings. The summed E-state index contributed by atoms with van der Waals surface area (Å²) in [6, 6.07) is 8.09. The van der Waals surface area contributed by atoms with E-state index in [4.69, 9.17) is 15.9 Å². The van der Waals surface area contributed by atoms with E-state index >= 15 is 4.39 Å². The van der Waals surface area contributed by atoms with E-state index in [1.165, 1.54) is 12.3 Å². The molecule has 0 saturated carbocycles. The Morgan fingerprint density at radius 2 is 2.10 bits per heavy atom. The lowest BCUT2D eigenvalue weighted by molar-refractivity contribution is 0.106. The van der Waals surface area contributed by atoms with Gasteiger partial charge in [-0.3, -0.25) is 9.88 Å². The molecule has 0 spiro atoms. The quantitative estimate of drug-likeness (QED) is 0.319. The van der Waals surface area contributed by atoms with Crippen molar-refractivity contribution in [1.29, 1.82) is 0 Å². The summed E-state index contributed by atoms with van der Waals surface area (Å²) in [4.78, 5) is 15.6. The maximum Gasteiger partial charge on any atom is 0.320 e. The third-order valence-electron chi connectivity index (χ3n) is 8.97. The minimum Gasteiger partial charge on any atom is -0.472 e. The van der Waals surface area contributed by atoms with Gasteiger partial charge in [-0.25, -0.2) is 13.2 Å². The first-order chi connectivity index (χ1) is 20.4. The molecule has 3 aliphatic heterocycles. The number of ether oxygens (including phenoxy) is 2. The number of halogens is 3. The van der Waals surface area contributed by atoms with Crippen LogP contribution in [0, 0.1) is 24.0 Å². The molecule has 0 bridgehead atoms. The van der Waals surface area contributed by atoms with Crippen LogP contribution >= 0.6 is 0 Å². The largest absolute Gasteiger partial charge is 0.472 e. The number of alkyl halides is 1. The molecule has 3 saturated heterocycles. The molecule has 2 aromatic carbocycles. The maximum atomic E-state index is 16.5. The van der Waals surface area contributed by atoms with Gasteiger partial charge in [0.2, 0.25) is 5.88 Å². The van der Waals surface area contributed by atoms with Gasteiger partial charge in [-0.1, -0.05) is 30.2 Å². The summed E-state index contributed by atoms with van der Waals surface area (Å²) in [5, 5.41) is 4.68. The minimum absolute atomic E-state index is 0.0293. The van der Waals surface area contributed by atoms with Gasteiger partial charge >= 0.3 is 6.01 Å². The summed E-state index contributed by atoms with van der Waals surface area (Å²) in [5.74, 6) is 1.26. The smallest absolute Gasteiger partial charge is 0.320 e. The second kappa shape index (κ2) is 10.4. The Morgan fingerprint density at radius 1 is 1.21 bits per heavy atom. The summed E-state index contributed by atoms with van der Waals surface area (Å²) in [5.41, 5.74) is -0.116. The van der Waals surface area contributed by atoms with Crippen molar-refractivity contribution in [2.24, 2.45) is 0 Å². The zero-order valence-electron chi connectivity index (χ0n) is 23.2. The van der Waals surface area contributed by atoms with Crippen LogP contribution in [0.5, 0.6) is 11.9 Å². The molecule has 3 aliphatic rings. The first-order valence-corrected chi connectivity index (χ1v) is 14.3. The third kappa shape index (κ3) is 4.43. The molecule has 7 nitrogen and oxygen atoms in total. The number of rotatable bonds is 6. The van der Waals surface area contributed by atoms with Crippen LogP contribution in [0.4, 0.5) is 13.2 Å². The second-order valence-electron chi connectivity index (χ2n) is 11.5. The lowest BCUT2D eigenvalue weighted by Crippen LogP contribution is -2.43. The van der Waals surface area contributed by atoms with Gasteiger partial charge in [0.05, 0.1) is 16.5 Å². The van der Waals surface area contributed by atoms with Crippen LogP contribution in [0.3, 0.4) is 0 Å². The van der Waals surface area contributed by atoms with E-state index in [9.17, 15) is 8.78 Å². The van der Waals surface area contributed by atoms with Crippen molar-refractivity contribution < 1.29 is 22.6 Å². The molecule has 4 aromatic rings. The molecular formula is C32H30F3N5O2. The maximum absolute atomic E-state index is 16.5. The van der Waals surface area contributed by atoms with E-state index in [0.717, 1.165) is 32.4 Å². The highest BCUT2D eigenvalue weighted by molar-refractivity contribution is 6.01. The van der Waals surface area contributed by atoms with Crippen molar-refractivity contribution in [3.05, 3.63) is 53.7 Å². The van der Waals surface area contributed by atoms with Crippen molar-refractivity contribution in [3.63, 3.8) is 0 Å². The van der Waals surface area contributed by atoms with Crippen molar-refractivity contribution in [2.45, 2.75) is 56.5 Å². The van der Waals surface area contributed by atoms with Crippen molar-refractivity contribution in [2.75, 3.05) is 26.2 Å². The zero-order valence-corrected chi connectivity index (χ0v) is 23.2. The molecule has 7 rings (SSSR count). The molecule has 216 valence electrons. The van der Waals surface area contributed by atoms with Crippen molar-refractivity contribution in [3.8, 4) is 35.5 Å². The number of fused-ring (bicyclic) bond motifs is 3. The molecule has 5 heterocycles. The highest BCUT2D eigenvalue weighted by Crippen LogP contribution is 2.41. The Bertz CT molecular complexity index is 1740. The molecule has 1 N–H and O–H groups in total. The predicted octanol–water partition coefficient (Wildman–Crippen LogP) is 5.19. The standard InChI is InChI=1S/C32H30F3N5O2/c1-3-21-24(34)9-8-19-6-4-7-22(26(19)21)28-27(35)29-23(15-37-28)30(42-25-10-12-36-18(25)2)39-31(38-29)41-17-32-11-5-13-40(32)16-20(33)14-32/h1,4,6-9,15,18,20,25,36H,5,10-14,16-17H2,2H3/t18-,20-,25-,32+/m1/s1. The average Bonchev–Trinajstić information content (AvgIpc) is 3.65. The molecule has 0 unspecified atom stereocenters. The van der Waals surface area contributed by atoms with E-state index in [2.05, 4.69) is 31.1 Å². The molecular weight excluding hydrogens is 543 g/mol. The zero-order chi connectivity index (χ0) is 29.0. The topological polar surface area (TPSA) is 72.4 Å².